The Bertz CT molecular complexity index is 1090. The Morgan fingerprint density at radius 3 is 2.66 bits per heavy atom. The van der Waals surface area contributed by atoms with Gasteiger partial charge in [-0.15, -0.1) is 0 Å². The summed E-state index contributed by atoms with van der Waals surface area (Å²) in [6.45, 7) is 8.57. The topological polar surface area (TPSA) is 70.1 Å². The normalized spacial score (nSPS) is 20.4. The number of rotatable bonds is 5. The number of likely N-dealkylation sites (tertiary alicyclic amines) is 1. The number of piperidine rings is 1. The van der Waals surface area contributed by atoms with Crippen LogP contribution in [0.25, 0.3) is 21.8 Å². The van der Waals surface area contributed by atoms with Crippen molar-refractivity contribution < 1.29 is 4.79 Å². The van der Waals surface area contributed by atoms with Crippen LogP contribution in [0.1, 0.15) is 37.2 Å². The summed E-state index contributed by atoms with van der Waals surface area (Å²) in [7, 11) is 1.85. The number of hydrogen-bond donors (Lipinski definition) is 2. The quantitative estimate of drug-likeness (QED) is 0.653. The first-order valence-electron chi connectivity index (χ1n) is 10.5. The molecule has 0 bridgehead atoms. The second-order valence-corrected chi connectivity index (χ2v) is 8.67. The molecular formula is C23H30N4O2. The number of amides is 1. The van der Waals surface area contributed by atoms with Crippen molar-refractivity contribution in [2.45, 2.75) is 26.7 Å². The third-order valence-corrected chi connectivity index (χ3v) is 6.02. The molecule has 2 atom stereocenters. The van der Waals surface area contributed by atoms with Crippen LogP contribution in [0.2, 0.25) is 0 Å². The summed E-state index contributed by atoms with van der Waals surface area (Å²) in [5, 5.41) is 4.52. The Morgan fingerprint density at radius 1 is 1.17 bits per heavy atom. The van der Waals surface area contributed by atoms with Crippen LogP contribution in [0, 0.1) is 11.8 Å². The van der Waals surface area contributed by atoms with Gasteiger partial charge in [-0.25, -0.2) is 0 Å². The van der Waals surface area contributed by atoms with Gasteiger partial charge in [-0.3, -0.25) is 9.59 Å². The first-order valence-corrected chi connectivity index (χ1v) is 10.5. The van der Waals surface area contributed by atoms with E-state index in [1.807, 2.05) is 35.9 Å². The van der Waals surface area contributed by atoms with Gasteiger partial charge in [0, 0.05) is 32.1 Å². The Hall–Kier alpha value is -2.60. The molecule has 1 aliphatic rings. The molecule has 2 aromatic heterocycles. The van der Waals surface area contributed by atoms with Crippen LogP contribution in [0.15, 0.2) is 35.1 Å². The number of nitrogens with zero attached hydrogens (tertiary/aromatic N) is 2. The molecule has 1 saturated heterocycles. The molecule has 6 nitrogen and oxygen atoms in total. The van der Waals surface area contributed by atoms with Crippen LogP contribution in [-0.2, 0) is 7.05 Å². The summed E-state index contributed by atoms with van der Waals surface area (Å²) >= 11 is 0. The fourth-order valence-corrected chi connectivity index (χ4v) is 4.88. The van der Waals surface area contributed by atoms with Gasteiger partial charge in [0.1, 0.15) is 5.69 Å². The monoisotopic (exact) mass is 394 g/mol. The van der Waals surface area contributed by atoms with E-state index < -0.39 is 0 Å². The van der Waals surface area contributed by atoms with E-state index in [2.05, 4.69) is 29.0 Å². The molecule has 0 spiro atoms. The zero-order valence-electron chi connectivity index (χ0n) is 17.5. The summed E-state index contributed by atoms with van der Waals surface area (Å²) < 4.78 is 1.83. The number of H-pyrrole nitrogens is 1. The van der Waals surface area contributed by atoms with Crippen molar-refractivity contribution in [3.05, 3.63) is 46.4 Å². The highest BCUT2D eigenvalue weighted by Crippen LogP contribution is 2.24. The molecule has 1 amide bonds. The molecule has 1 fully saturated rings. The van der Waals surface area contributed by atoms with Gasteiger partial charge in [0.05, 0.1) is 16.4 Å². The Morgan fingerprint density at radius 2 is 1.90 bits per heavy atom. The first-order chi connectivity index (χ1) is 13.9. The lowest BCUT2D eigenvalue weighted by atomic mass is 9.92. The van der Waals surface area contributed by atoms with E-state index in [1.54, 1.807) is 6.07 Å². The predicted molar refractivity (Wildman–Crippen MR) is 117 cm³/mol. The third-order valence-electron chi connectivity index (χ3n) is 6.02. The molecule has 29 heavy (non-hydrogen) atoms. The summed E-state index contributed by atoms with van der Waals surface area (Å²) in [4.78, 5) is 30.7. The van der Waals surface area contributed by atoms with E-state index in [-0.39, 0.29) is 11.5 Å². The Labute approximate surface area is 170 Å². The van der Waals surface area contributed by atoms with E-state index in [4.69, 9.17) is 0 Å². The van der Waals surface area contributed by atoms with Crippen LogP contribution < -0.4 is 10.9 Å². The number of aromatic nitrogens is 2. The van der Waals surface area contributed by atoms with Gasteiger partial charge in [-0.1, -0.05) is 32.0 Å². The van der Waals surface area contributed by atoms with Gasteiger partial charge < -0.3 is 19.8 Å². The maximum absolute atomic E-state index is 12.8. The number of aromatic amines is 1. The van der Waals surface area contributed by atoms with Crippen molar-refractivity contribution >= 4 is 27.7 Å². The highest BCUT2D eigenvalue weighted by molar-refractivity contribution is 6.07. The first kappa shape index (κ1) is 19.7. The van der Waals surface area contributed by atoms with Crippen molar-refractivity contribution in [3.8, 4) is 0 Å². The number of fused-ring (bicyclic) bond motifs is 3. The SMILES string of the molecule is C[C@@H]1C[C@H](C)CN(CCCNC(=O)c2cc3c(=O)[nH]c4ccccc4c3n2C)C1. The van der Waals surface area contributed by atoms with Gasteiger partial charge >= 0.3 is 0 Å². The molecule has 0 saturated carbocycles. The predicted octanol–water partition coefficient (Wildman–Crippen LogP) is 3.12. The maximum Gasteiger partial charge on any atom is 0.267 e. The number of benzene rings is 1. The van der Waals surface area contributed by atoms with E-state index in [0.29, 0.717) is 17.6 Å². The molecular weight excluding hydrogens is 364 g/mol. The largest absolute Gasteiger partial charge is 0.351 e. The lowest BCUT2D eigenvalue weighted by Gasteiger charge is -2.34. The summed E-state index contributed by atoms with van der Waals surface area (Å²) in [6.07, 6.45) is 2.24. The number of pyridine rings is 1. The zero-order valence-corrected chi connectivity index (χ0v) is 17.5. The van der Waals surface area contributed by atoms with Gasteiger partial charge in [0.15, 0.2) is 0 Å². The molecule has 1 aliphatic heterocycles. The number of carbonyl (C=O) groups excluding carboxylic acids is 1. The summed E-state index contributed by atoms with van der Waals surface area (Å²) in [5.74, 6) is 1.36. The fraction of sp³-hybridized carbons (Fsp3) is 0.478. The molecule has 4 rings (SSSR count). The molecule has 0 unspecified atom stereocenters. The van der Waals surface area contributed by atoms with Crippen molar-refractivity contribution in [1.82, 2.24) is 19.8 Å². The summed E-state index contributed by atoms with van der Waals surface area (Å²) in [5.41, 5.74) is 1.93. The molecule has 2 N–H and O–H groups in total. The van der Waals surface area contributed by atoms with Crippen LogP contribution in [0.4, 0.5) is 0 Å². The van der Waals surface area contributed by atoms with Crippen LogP contribution in [-0.4, -0.2) is 46.5 Å². The molecule has 0 radical (unpaired) electrons. The van der Waals surface area contributed by atoms with Crippen molar-refractivity contribution in [2.75, 3.05) is 26.2 Å². The molecule has 1 aromatic carbocycles. The van der Waals surface area contributed by atoms with Crippen LogP contribution in [0.5, 0.6) is 0 Å². The van der Waals surface area contributed by atoms with Crippen LogP contribution in [0.3, 0.4) is 0 Å². The molecule has 6 heteroatoms. The second kappa shape index (κ2) is 8.03. The highest BCUT2D eigenvalue weighted by atomic mass is 16.2. The van der Waals surface area contributed by atoms with E-state index in [9.17, 15) is 9.59 Å². The minimum absolute atomic E-state index is 0.132. The van der Waals surface area contributed by atoms with Gasteiger partial charge in [-0.2, -0.15) is 0 Å². The molecule has 0 aliphatic carbocycles. The third kappa shape index (κ3) is 3.94. The van der Waals surface area contributed by atoms with Crippen molar-refractivity contribution in [3.63, 3.8) is 0 Å². The number of hydrogen-bond acceptors (Lipinski definition) is 3. The minimum Gasteiger partial charge on any atom is -0.351 e. The minimum atomic E-state index is -0.165. The number of para-hydroxylation sites is 1. The standard InChI is InChI=1S/C23H30N4O2/c1-15-11-16(2)14-27(13-15)10-6-9-24-23(29)20-12-18-21(26(20)3)17-7-4-5-8-19(17)25-22(18)28/h4-5,7-8,12,15-16H,6,9-11,13-14H2,1-3H3,(H,24,29)(H,25,28)/t15-,16+. The second-order valence-electron chi connectivity index (χ2n) is 8.67. The number of aryl methyl sites for hydroxylation is 1. The highest BCUT2D eigenvalue weighted by Gasteiger charge is 2.21. The summed E-state index contributed by atoms with van der Waals surface area (Å²) in [6, 6.07) is 9.38. The average molecular weight is 395 g/mol. The van der Waals surface area contributed by atoms with Crippen LogP contribution >= 0.6 is 0 Å². The maximum atomic E-state index is 12.8. The Balaban J connectivity index is 1.45. The van der Waals surface area contributed by atoms with Gasteiger partial charge in [0.25, 0.3) is 11.5 Å². The number of carbonyl (C=O) groups is 1. The smallest absolute Gasteiger partial charge is 0.267 e. The fourth-order valence-electron chi connectivity index (χ4n) is 4.88. The number of nitrogens with one attached hydrogen (secondary N) is 2. The van der Waals surface area contributed by atoms with Crippen molar-refractivity contribution in [2.24, 2.45) is 18.9 Å². The van der Waals surface area contributed by atoms with E-state index in [0.717, 1.165) is 54.3 Å². The van der Waals surface area contributed by atoms with Gasteiger partial charge in [0.2, 0.25) is 0 Å². The lowest BCUT2D eigenvalue weighted by Crippen LogP contribution is -2.40. The van der Waals surface area contributed by atoms with E-state index in [1.165, 1.54) is 6.42 Å². The molecule has 3 heterocycles. The zero-order chi connectivity index (χ0) is 20.5. The van der Waals surface area contributed by atoms with Crippen molar-refractivity contribution in [1.29, 1.82) is 0 Å². The van der Waals surface area contributed by atoms with E-state index >= 15 is 0 Å². The lowest BCUT2D eigenvalue weighted by molar-refractivity contribution is 0.0939. The van der Waals surface area contributed by atoms with Gasteiger partial charge in [-0.05, 0) is 43.4 Å². The average Bonchev–Trinajstić information content (AvgIpc) is 3.03. The Kier molecular flexibility index (Phi) is 5.46. The molecule has 3 aromatic rings. The molecule has 154 valence electrons.